The summed E-state index contributed by atoms with van der Waals surface area (Å²) in [5, 5.41) is 3.04. The Morgan fingerprint density at radius 3 is 2.68 bits per heavy atom. The van der Waals surface area contributed by atoms with Gasteiger partial charge in [0.25, 0.3) is 0 Å². The highest BCUT2D eigenvalue weighted by molar-refractivity contribution is 7.89. The molecular formula is C12H24N4O2S. The molecule has 3 atom stereocenters. The molecule has 2 aliphatic rings. The molecular weight excluding hydrogens is 264 g/mol. The second kappa shape index (κ2) is 5.66. The van der Waals surface area contributed by atoms with Crippen molar-refractivity contribution in [1.82, 2.24) is 14.9 Å². The summed E-state index contributed by atoms with van der Waals surface area (Å²) in [4.78, 5) is 6.57. The van der Waals surface area contributed by atoms with Crippen molar-refractivity contribution in [3.63, 3.8) is 0 Å². The van der Waals surface area contributed by atoms with Crippen molar-refractivity contribution in [2.45, 2.75) is 39.2 Å². The molecule has 1 saturated carbocycles. The summed E-state index contributed by atoms with van der Waals surface area (Å²) in [6.45, 7) is 5.84. The third-order valence-corrected chi connectivity index (χ3v) is 4.84. The van der Waals surface area contributed by atoms with Crippen LogP contribution in [0.5, 0.6) is 0 Å². The fraction of sp³-hybridized carbons (Fsp3) is 0.917. The Bertz CT molecular complexity index is 449. The number of nitrogens with zero attached hydrogens (tertiary/aromatic N) is 2. The normalized spacial score (nSPS) is 33.4. The Morgan fingerprint density at radius 1 is 1.37 bits per heavy atom. The van der Waals surface area contributed by atoms with E-state index in [2.05, 4.69) is 33.8 Å². The van der Waals surface area contributed by atoms with Crippen LogP contribution in [0.15, 0.2) is 4.99 Å². The van der Waals surface area contributed by atoms with Crippen LogP contribution in [-0.4, -0.2) is 44.9 Å². The van der Waals surface area contributed by atoms with Crippen LogP contribution in [0.25, 0.3) is 0 Å². The van der Waals surface area contributed by atoms with E-state index in [0.717, 1.165) is 12.2 Å². The summed E-state index contributed by atoms with van der Waals surface area (Å²) in [6.07, 6.45) is 4.92. The number of nitrogens with one attached hydrogen (secondary N) is 2. The van der Waals surface area contributed by atoms with E-state index in [1.54, 1.807) is 0 Å². The molecule has 0 amide bonds. The molecule has 1 fully saturated rings. The van der Waals surface area contributed by atoms with Crippen LogP contribution >= 0.6 is 0 Å². The van der Waals surface area contributed by atoms with Crippen LogP contribution in [0.3, 0.4) is 0 Å². The molecule has 1 heterocycles. The van der Waals surface area contributed by atoms with Gasteiger partial charge in [-0.15, -0.1) is 0 Å². The van der Waals surface area contributed by atoms with Gasteiger partial charge in [-0.05, 0) is 18.3 Å². The van der Waals surface area contributed by atoms with Gasteiger partial charge in [0.1, 0.15) is 0 Å². The van der Waals surface area contributed by atoms with Crippen LogP contribution in [-0.2, 0) is 10.0 Å². The molecule has 2 rings (SSSR count). The molecule has 2 N–H and O–H groups in total. The van der Waals surface area contributed by atoms with Crippen molar-refractivity contribution in [3.05, 3.63) is 0 Å². The van der Waals surface area contributed by atoms with Gasteiger partial charge in [0, 0.05) is 6.04 Å². The van der Waals surface area contributed by atoms with E-state index in [9.17, 15) is 8.42 Å². The third kappa shape index (κ3) is 3.82. The van der Waals surface area contributed by atoms with Gasteiger partial charge in [-0.1, -0.05) is 26.7 Å². The SMILES string of the molecule is C[C@@H]1[C@H](C)CCC[C@H]1N1CN=C(NS(C)(=O)=O)NC1. The van der Waals surface area contributed by atoms with Gasteiger partial charge >= 0.3 is 0 Å². The van der Waals surface area contributed by atoms with Gasteiger partial charge < -0.3 is 5.32 Å². The summed E-state index contributed by atoms with van der Waals surface area (Å²) in [7, 11) is -3.25. The monoisotopic (exact) mass is 288 g/mol. The number of rotatable bonds is 2. The Kier molecular flexibility index (Phi) is 4.35. The van der Waals surface area contributed by atoms with E-state index in [1.165, 1.54) is 19.3 Å². The molecule has 0 unspecified atom stereocenters. The van der Waals surface area contributed by atoms with Gasteiger partial charge in [-0.3, -0.25) is 9.62 Å². The van der Waals surface area contributed by atoms with Gasteiger partial charge in [-0.25, -0.2) is 13.4 Å². The largest absolute Gasteiger partial charge is 0.343 e. The maximum Gasteiger partial charge on any atom is 0.232 e. The predicted octanol–water partition coefficient (Wildman–Crippen LogP) is 0.537. The van der Waals surface area contributed by atoms with Crippen molar-refractivity contribution in [2.24, 2.45) is 16.8 Å². The topological polar surface area (TPSA) is 73.8 Å². The van der Waals surface area contributed by atoms with Crippen LogP contribution < -0.4 is 10.0 Å². The molecule has 7 heteroatoms. The zero-order valence-corrected chi connectivity index (χ0v) is 12.7. The van der Waals surface area contributed by atoms with Gasteiger partial charge in [0.15, 0.2) is 0 Å². The molecule has 0 spiro atoms. The van der Waals surface area contributed by atoms with Crippen molar-refractivity contribution >= 4 is 16.0 Å². The summed E-state index contributed by atoms with van der Waals surface area (Å²) in [6, 6.07) is 0.541. The molecule has 110 valence electrons. The Morgan fingerprint density at radius 2 is 2.11 bits per heavy atom. The predicted molar refractivity (Wildman–Crippen MR) is 76.1 cm³/mol. The van der Waals surface area contributed by atoms with E-state index in [4.69, 9.17) is 0 Å². The fourth-order valence-electron chi connectivity index (χ4n) is 2.98. The van der Waals surface area contributed by atoms with Crippen molar-refractivity contribution < 1.29 is 8.42 Å². The van der Waals surface area contributed by atoms with E-state index in [0.29, 0.717) is 31.3 Å². The lowest BCUT2D eigenvalue weighted by Crippen LogP contribution is -2.55. The summed E-state index contributed by atoms with van der Waals surface area (Å²) in [5.74, 6) is 1.77. The van der Waals surface area contributed by atoms with E-state index < -0.39 is 10.0 Å². The average Bonchev–Trinajstić information content (AvgIpc) is 2.32. The standard InChI is InChI=1S/C12H24N4O2S/c1-9-5-4-6-11(10(9)2)16-7-13-12(14-8-16)15-19(3,17)18/h9-11H,4-8H2,1-3H3,(H2,13,14,15)/t9-,10-,11-/m1/s1. The first-order valence-corrected chi connectivity index (χ1v) is 8.76. The highest BCUT2D eigenvalue weighted by Crippen LogP contribution is 2.32. The molecule has 1 aliphatic heterocycles. The van der Waals surface area contributed by atoms with Crippen molar-refractivity contribution in [2.75, 3.05) is 19.6 Å². The number of guanidine groups is 1. The Hall–Kier alpha value is -0.820. The molecule has 19 heavy (non-hydrogen) atoms. The first kappa shape index (κ1) is 14.6. The zero-order chi connectivity index (χ0) is 14.0. The first-order chi connectivity index (χ1) is 8.87. The van der Waals surface area contributed by atoms with Crippen LogP contribution in [0.1, 0.15) is 33.1 Å². The minimum absolute atomic E-state index is 0.357. The maximum absolute atomic E-state index is 11.1. The zero-order valence-electron chi connectivity index (χ0n) is 11.9. The quantitative estimate of drug-likeness (QED) is 0.777. The molecule has 0 aromatic carbocycles. The summed E-state index contributed by atoms with van der Waals surface area (Å²) < 4.78 is 24.7. The lowest BCUT2D eigenvalue weighted by atomic mass is 9.77. The van der Waals surface area contributed by atoms with Crippen LogP contribution in [0, 0.1) is 11.8 Å². The number of sulfonamides is 1. The molecule has 0 radical (unpaired) electrons. The fourth-order valence-corrected chi connectivity index (χ4v) is 3.47. The highest BCUT2D eigenvalue weighted by Gasteiger charge is 2.32. The van der Waals surface area contributed by atoms with Gasteiger partial charge in [0.2, 0.25) is 16.0 Å². The maximum atomic E-state index is 11.1. The molecule has 6 nitrogen and oxygen atoms in total. The number of hydrogen-bond donors (Lipinski definition) is 2. The van der Waals surface area contributed by atoms with Crippen molar-refractivity contribution in [1.29, 1.82) is 0 Å². The average molecular weight is 288 g/mol. The lowest BCUT2D eigenvalue weighted by Gasteiger charge is -2.42. The number of hydrogen-bond acceptors (Lipinski definition) is 5. The smallest absolute Gasteiger partial charge is 0.232 e. The molecule has 0 aromatic rings. The van der Waals surface area contributed by atoms with Crippen LogP contribution in [0.4, 0.5) is 0 Å². The summed E-state index contributed by atoms with van der Waals surface area (Å²) >= 11 is 0. The Labute approximate surface area is 115 Å². The number of aliphatic imine (C=N–C) groups is 1. The van der Waals surface area contributed by atoms with Gasteiger partial charge in [-0.2, -0.15) is 0 Å². The lowest BCUT2D eigenvalue weighted by molar-refractivity contribution is 0.0768. The van der Waals surface area contributed by atoms with E-state index in [-0.39, 0.29) is 0 Å². The van der Waals surface area contributed by atoms with E-state index in [1.807, 2.05) is 0 Å². The summed E-state index contributed by atoms with van der Waals surface area (Å²) in [5.41, 5.74) is 0. The molecule has 0 bridgehead atoms. The van der Waals surface area contributed by atoms with Crippen molar-refractivity contribution in [3.8, 4) is 0 Å². The minimum atomic E-state index is -3.25. The first-order valence-electron chi connectivity index (χ1n) is 6.87. The molecule has 0 saturated heterocycles. The van der Waals surface area contributed by atoms with Gasteiger partial charge in [0.05, 0.1) is 19.6 Å². The highest BCUT2D eigenvalue weighted by atomic mass is 32.2. The second-order valence-corrected chi connectivity index (χ2v) is 7.53. The minimum Gasteiger partial charge on any atom is -0.343 e. The van der Waals surface area contributed by atoms with E-state index >= 15 is 0 Å². The third-order valence-electron chi connectivity index (χ3n) is 4.28. The van der Waals surface area contributed by atoms with Crippen LogP contribution in [0.2, 0.25) is 0 Å². The molecule has 0 aromatic heterocycles. The second-order valence-electron chi connectivity index (χ2n) is 5.78. The molecule has 1 aliphatic carbocycles. The Balaban J connectivity index is 1.95.